The average Bonchev–Trinajstić information content (AvgIpc) is 2.64. The SMILES string of the molecule is CCC(C)C1NC(CC(C)C)N(C(C)COC)C1=O. The van der Waals surface area contributed by atoms with Gasteiger partial charge in [0.15, 0.2) is 0 Å². The van der Waals surface area contributed by atoms with Crippen molar-refractivity contribution in [1.29, 1.82) is 0 Å². The van der Waals surface area contributed by atoms with Crippen molar-refractivity contribution in [3.63, 3.8) is 0 Å². The Morgan fingerprint density at radius 1 is 1.32 bits per heavy atom. The lowest BCUT2D eigenvalue weighted by molar-refractivity contribution is -0.134. The molecule has 0 saturated carbocycles. The highest BCUT2D eigenvalue weighted by molar-refractivity contribution is 5.85. The molecule has 0 radical (unpaired) electrons. The number of ether oxygens (including phenoxy) is 1. The van der Waals surface area contributed by atoms with Crippen molar-refractivity contribution in [2.24, 2.45) is 11.8 Å². The smallest absolute Gasteiger partial charge is 0.241 e. The summed E-state index contributed by atoms with van der Waals surface area (Å²) in [7, 11) is 1.69. The normalized spacial score (nSPS) is 27.1. The Bertz CT molecular complexity index is 294. The topological polar surface area (TPSA) is 41.6 Å². The lowest BCUT2D eigenvalue weighted by Gasteiger charge is -2.31. The first-order valence-corrected chi connectivity index (χ1v) is 7.49. The van der Waals surface area contributed by atoms with Crippen LogP contribution in [0.2, 0.25) is 0 Å². The number of hydrogen-bond donors (Lipinski definition) is 1. The van der Waals surface area contributed by atoms with Crippen molar-refractivity contribution >= 4 is 5.91 Å². The maximum atomic E-state index is 12.6. The zero-order valence-corrected chi connectivity index (χ0v) is 13.3. The first kappa shape index (κ1) is 16.4. The first-order valence-electron chi connectivity index (χ1n) is 7.49. The first-order chi connectivity index (χ1) is 8.92. The zero-order valence-electron chi connectivity index (χ0n) is 13.3. The maximum Gasteiger partial charge on any atom is 0.241 e. The van der Waals surface area contributed by atoms with Crippen LogP contribution in [0.15, 0.2) is 0 Å². The molecule has 0 bridgehead atoms. The van der Waals surface area contributed by atoms with Gasteiger partial charge in [-0.15, -0.1) is 0 Å². The van der Waals surface area contributed by atoms with Crippen molar-refractivity contribution < 1.29 is 9.53 Å². The number of methoxy groups -OCH3 is 1. The predicted molar refractivity (Wildman–Crippen MR) is 77.8 cm³/mol. The second kappa shape index (κ2) is 7.25. The van der Waals surface area contributed by atoms with Crippen molar-refractivity contribution in [1.82, 2.24) is 10.2 Å². The summed E-state index contributed by atoms with van der Waals surface area (Å²) >= 11 is 0. The fourth-order valence-electron chi connectivity index (χ4n) is 2.79. The lowest BCUT2D eigenvalue weighted by Crippen LogP contribution is -2.45. The minimum atomic E-state index is -0.0342. The molecule has 0 spiro atoms. The van der Waals surface area contributed by atoms with E-state index in [1.807, 2.05) is 4.90 Å². The molecule has 0 aromatic heterocycles. The Balaban J connectivity index is 2.84. The van der Waals surface area contributed by atoms with Crippen LogP contribution in [-0.2, 0) is 9.53 Å². The molecular weight excluding hydrogens is 240 g/mol. The van der Waals surface area contributed by atoms with Crippen molar-refractivity contribution in [3.8, 4) is 0 Å². The van der Waals surface area contributed by atoms with Gasteiger partial charge in [0.05, 0.1) is 24.9 Å². The number of rotatable bonds is 7. The third-order valence-electron chi connectivity index (χ3n) is 4.02. The third kappa shape index (κ3) is 3.93. The van der Waals surface area contributed by atoms with E-state index in [4.69, 9.17) is 4.74 Å². The van der Waals surface area contributed by atoms with Crippen LogP contribution in [0.1, 0.15) is 47.5 Å². The highest BCUT2D eigenvalue weighted by atomic mass is 16.5. The van der Waals surface area contributed by atoms with Crippen LogP contribution in [0.4, 0.5) is 0 Å². The molecule has 1 amide bonds. The molecule has 4 nitrogen and oxygen atoms in total. The van der Waals surface area contributed by atoms with E-state index in [1.54, 1.807) is 7.11 Å². The van der Waals surface area contributed by atoms with Crippen LogP contribution < -0.4 is 5.32 Å². The van der Waals surface area contributed by atoms with E-state index in [0.717, 1.165) is 12.8 Å². The molecule has 112 valence electrons. The fourth-order valence-corrected chi connectivity index (χ4v) is 2.79. The Hall–Kier alpha value is -0.610. The van der Waals surface area contributed by atoms with E-state index in [1.165, 1.54) is 0 Å². The van der Waals surface area contributed by atoms with Gasteiger partial charge >= 0.3 is 0 Å². The van der Waals surface area contributed by atoms with Crippen LogP contribution >= 0.6 is 0 Å². The summed E-state index contributed by atoms with van der Waals surface area (Å²) in [5, 5.41) is 3.53. The van der Waals surface area contributed by atoms with Gasteiger partial charge in [0.25, 0.3) is 0 Å². The number of nitrogens with one attached hydrogen (secondary N) is 1. The van der Waals surface area contributed by atoms with Gasteiger partial charge in [-0.1, -0.05) is 34.1 Å². The Labute approximate surface area is 117 Å². The molecule has 4 unspecified atom stereocenters. The quantitative estimate of drug-likeness (QED) is 0.771. The molecule has 1 aliphatic rings. The standard InChI is InChI=1S/C15H30N2O2/c1-7-11(4)14-15(18)17(12(5)9-19-6)13(16-14)8-10(2)3/h10-14,16H,7-9H2,1-6H3. The average molecular weight is 270 g/mol. The van der Waals surface area contributed by atoms with Gasteiger partial charge in [-0.05, 0) is 25.2 Å². The monoisotopic (exact) mass is 270 g/mol. The van der Waals surface area contributed by atoms with Gasteiger partial charge < -0.3 is 9.64 Å². The number of carbonyl (C=O) groups excluding carboxylic acids is 1. The minimum absolute atomic E-state index is 0.0342. The van der Waals surface area contributed by atoms with E-state index in [2.05, 4.69) is 39.9 Å². The van der Waals surface area contributed by atoms with Gasteiger partial charge in [0.2, 0.25) is 5.91 Å². The molecular formula is C15H30N2O2. The molecule has 1 saturated heterocycles. The summed E-state index contributed by atoms with van der Waals surface area (Å²) in [4.78, 5) is 14.6. The van der Waals surface area contributed by atoms with Crippen LogP contribution in [0, 0.1) is 11.8 Å². The van der Waals surface area contributed by atoms with Crippen molar-refractivity contribution in [2.75, 3.05) is 13.7 Å². The highest BCUT2D eigenvalue weighted by Crippen LogP contribution is 2.25. The van der Waals surface area contributed by atoms with E-state index in [9.17, 15) is 4.79 Å². The van der Waals surface area contributed by atoms with Crippen LogP contribution in [0.25, 0.3) is 0 Å². The summed E-state index contributed by atoms with van der Waals surface area (Å²) in [6, 6.07) is 0.0934. The van der Waals surface area contributed by atoms with Crippen LogP contribution in [0.5, 0.6) is 0 Å². The molecule has 1 fully saturated rings. The van der Waals surface area contributed by atoms with E-state index >= 15 is 0 Å². The van der Waals surface area contributed by atoms with Gasteiger partial charge in [-0.3, -0.25) is 10.1 Å². The Kier molecular flexibility index (Phi) is 6.27. The molecule has 1 rings (SSSR count). The second-order valence-corrected chi connectivity index (χ2v) is 6.23. The number of carbonyl (C=O) groups is 1. The van der Waals surface area contributed by atoms with Crippen molar-refractivity contribution in [3.05, 3.63) is 0 Å². The molecule has 1 heterocycles. The fraction of sp³-hybridized carbons (Fsp3) is 0.933. The summed E-state index contributed by atoms with van der Waals surface area (Å²) < 4.78 is 5.22. The second-order valence-electron chi connectivity index (χ2n) is 6.23. The minimum Gasteiger partial charge on any atom is -0.383 e. The number of nitrogens with zero attached hydrogens (tertiary/aromatic N) is 1. The summed E-state index contributed by atoms with van der Waals surface area (Å²) in [6.07, 6.45) is 2.16. The summed E-state index contributed by atoms with van der Waals surface area (Å²) in [6.45, 7) is 11.3. The number of amides is 1. The largest absolute Gasteiger partial charge is 0.383 e. The molecule has 1 aliphatic heterocycles. The number of hydrogen-bond acceptors (Lipinski definition) is 3. The van der Waals surface area contributed by atoms with Gasteiger partial charge in [-0.2, -0.15) is 0 Å². The molecule has 4 atom stereocenters. The highest BCUT2D eigenvalue weighted by Gasteiger charge is 2.42. The molecule has 19 heavy (non-hydrogen) atoms. The van der Waals surface area contributed by atoms with Crippen LogP contribution in [-0.4, -0.2) is 42.8 Å². The molecule has 1 N–H and O–H groups in total. The van der Waals surface area contributed by atoms with Crippen LogP contribution in [0.3, 0.4) is 0 Å². The Morgan fingerprint density at radius 3 is 2.42 bits per heavy atom. The predicted octanol–water partition coefficient (Wildman–Crippen LogP) is 2.24. The van der Waals surface area contributed by atoms with Gasteiger partial charge in [0.1, 0.15) is 0 Å². The molecule has 0 aromatic carbocycles. The third-order valence-corrected chi connectivity index (χ3v) is 4.02. The summed E-state index contributed by atoms with van der Waals surface area (Å²) in [5.41, 5.74) is 0. The van der Waals surface area contributed by atoms with Gasteiger partial charge in [-0.25, -0.2) is 0 Å². The molecule has 0 aliphatic carbocycles. The molecule has 4 heteroatoms. The maximum absolute atomic E-state index is 12.6. The molecule has 0 aromatic rings. The van der Waals surface area contributed by atoms with Crippen molar-refractivity contribution in [2.45, 2.75) is 65.7 Å². The summed E-state index contributed by atoms with van der Waals surface area (Å²) in [5.74, 6) is 1.18. The van der Waals surface area contributed by atoms with Gasteiger partial charge in [0, 0.05) is 7.11 Å². The lowest BCUT2D eigenvalue weighted by atomic mass is 9.99. The van der Waals surface area contributed by atoms with E-state index < -0.39 is 0 Å². The van der Waals surface area contributed by atoms with E-state index in [0.29, 0.717) is 18.4 Å². The zero-order chi connectivity index (χ0) is 14.6. The van der Waals surface area contributed by atoms with E-state index in [-0.39, 0.29) is 24.2 Å². The Morgan fingerprint density at radius 2 is 1.95 bits per heavy atom.